The van der Waals surface area contributed by atoms with Gasteiger partial charge < -0.3 is 12.5 Å². The molecule has 0 N–H and O–H groups in total. The second-order valence-corrected chi connectivity index (χ2v) is 7.45. The summed E-state index contributed by atoms with van der Waals surface area (Å²) in [5.74, 6) is 0.879. The minimum atomic E-state index is 0.122. The van der Waals surface area contributed by atoms with Crippen LogP contribution in [0.5, 0.6) is 5.75 Å². The maximum absolute atomic E-state index is 5.67. The van der Waals surface area contributed by atoms with Crippen molar-refractivity contribution in [3.8, 4) is 5.75 Å². The van der Waals surface area contributed by atoms with E-state index in [9.17, 15) is 0 Å². The fourth-order valence-electron chi connectivity index (χ4n) is 1.96. The molecule has 0 aromatic heterocycles. The van der Waals surface area contributed by atoms with Crippen LogP contribution in [0.1, 0.15) is 45.3 Å². The topological polar surface area (TPSA) is 27.7 Å². The highest BCUT2D eigenvalue weighted by atomic mass is 127. The van der Waals surface area contributed by atoms with E-state index in [-0.39, 0.29) is 6.10 Å². The number of hydrogen-bond donors (Lipinski definition) is 0. The molecule has 0 heterocycles. The molecule has 0 spiro atoms. The summed E-state index contributed by atoms with van der Waals surface area (Å²) >= 11 is 2.00. The third kappa shape index (κ3) is 7.27. The highest BCUT2D eigenvalue weighted by Crippen LogP contribution is 2.31. The average Bonchev–Trinajstić information content (AvgIpc) is 2.40. The zero-order chi connectivity index (χ0) is 15.9. The predicted octanol–water partition coefficient (Wildman–Crippen LogP) is 4.45. The van der Waals surface area contributed by atoms with Crippen molar-refractivity contribution in [2.24, 2.45) is 5.41 Å². The van der Waals surface area contributed by atoms with Crippen molar-refractivity contribution < 1.29 is 12.5 Å². The average molecular weight is 424 g/mol. The van der Waals surface area contributed by atoms with Gasteiger partial charge in [-0.15, -0.1) is 9.24 Å². The standard InChI is InChI=1S/C16H26IO3P/c1-16(2,3)8-7-13(20-17)12-5-6-14(15(21)11-12)19-10-9-18-4/h5-6,11,13H,7-10,21H2,1-4H3. The normalized spacial score (nSPS) is 13.2. The van der Waals surface area contributed by atoms with Crippen LogP contribution in [0.4, 0.5) is 0 Å². The van der Waals surface area contributed by atoms with Gasteiger partial charge in [-0.1, -0.05) is 26.8 Å². The summed E-state index contributed by atoms with van der Waals surface area (Å²) in [5, 5.41) is 1.05. The largest absolute Gasteiger partial charge is 0.491 e. The summed E-state index contributed by atoms with van der Waals surface area (Å²) in [6.45, 7) is 7.92. The van der Waals surface area contributed by atoms with Gasteiger partial charge in [0.1, 0.15) is 35.4 Å². The zero-order valence-corrected chi connectivity index (χ0v) is 16.6. The van der Waals surface area contributed by atoms with Crippen LogP contribution in [0.3, 0.4) is 0 Å². The summed E-state index contributed by atoms with van der Waals surface area (Å²) in [6.07, 6.45) is 2.26. The summed E-state index contributed by atoms with van der Waals surface area (Å²) < 4.78 is 16.3. The van der Waals surface area contributed by atoms with Gasteiger partial charge in [0.2, 0.25) is 0 Å². The summed E-state index contributed by atoms with van der Waals surface area (Å²) in [7, 11) is 4.41. The van der Waals surface area contributed by atoms with E-state index in [1.54, 1.807) is 7.11 Å². The number of benzene rings is 1. The van der Waals surface area contributed by atoms with Crippen molar-refractivity contribution in [3.05, 3.63) is 23.8 Å². The highest BCUT2D eigenvalue weighted by Gasteiger charge is 2.18. The van der Waals surface area contributed by atoms with E-state index in [4.69, 9.17) is 12.5 Å². The highest BCUT2D eigenvalue weighted by molar-refractivity contribution is 14.1. The fourth-order valence-corrected chi connectivity index (χ4v) is 2.88. The molecule has 0 aliphatic rings. The molecule has 120 valence electrons. The Kier molecular flexibility index (Phi) is 8.47. The van der Waals surface area contributed by atoms with Crippen LogP contribution in [0.2, 0.25) is 0 Å². The van der Waals surface area contributed by atoms with Crippen LogP contribution < -0.4 is 10.0 Å². The molecule has 2 unspecified atom stereocenters. The van der Waals surface area contributed by atoms with Gasteiger partial charge in [-0.2, -0.15) is 0 Å². The van der Waals surface area contributed by atoms with Crippen molar-refractivity contribution in [1.82, 2.24) is 0 Å². The zero-order valence-electron chi connectivity index (χ0n) is 13.3. The van der Waals surface area contributed by atoms with E-state index < -0.39 is 0 Å². The minimum Gasteiger partial charge on any atom is -0.491 e. The molecular weight excluding hydrogens is 398 g/mol. The summed E-state index contributed by atoms with van der Waals surface area (Å²) in [6, 6.07) is 6.22. The first kappa shape index (κ1) is 19.1. The van der Waals surface area contributed by atoms with Crippen LogP contribution in [-0.2, 0) is 7.80 Å². The Morgan fingerprint density at radius 2 is 1.95 bits per heavy atom. The van der Waals surface area contributed by atoms with Gasteiger partial charge in [-0.25, -0.2) is 0 Å². The number of halogens is 1. The molecular formula is C16H26IO3P. The molecule has 0 amide bonds. The van der Waals surface area contributed by atoms with Crippen LogP contribution in [0.15, 0.2) is 18.2 Å². The van der Waals surface area contributed by atoms with Gasteiger partial charge >= 0.3 is 0 Å². The molecule has 0 fully saturated rings. The molecule has 21 heavy (non-hydrogen) atoms. The van der Waals surface area contributed by atoms with Gasteiger partial charge in [-0.05, 0) is 36.0 Å². The molecule has 1 aromatic carbocycles. The van der Waals surface area contributed by atoms with Gasteiger partial charge in [0, 0.05) is 12.4 Å². The first-order valence-electron chi connectivity index (χ1n) is 7.16. The van der Waals surface area contributed by atoms with Gasteiger partial charge in [-0.3, -0.25) is 0 Å². The second-order valence-electron chi connectivity index (χ2n) is 6.32. The predicted molar refractivity (Wildman–Crippen MR) is 99.7 cm³/mol. The lowest BCUT2D eigenvalue weighted by Crippen LogP contribution is -2.12. The van der Waals surface area contributed by atoms with E-state index in [1.165, 1.54) is 5.56 Å². The van der Waals surface area contributed by atoms with Crippen LogP contribution >= 0.6 is 32.2 Å². The van der Waals surface area contributed by atoms with Gasteiger partial charge in [0.25, 0.3) is 0 Å². The fraction of sp³-hybridized carbons (Fsp3) is 0.625. The molecule has 1 rings (SSSR count). The van der Waals surface area contributed by atoms with E-state index in [0.717, 1.165) is 23.9 Å². The molecule has 0 radical (unpaired) electrons. The molecule has 2 atom stereocenters. The molecule has 0 bridgehead atoms. The molecule has 1 aromatic rings. The summed E-state index contributed by atoms with van der Waals surface area (Å²) in [5.41, 5.74) is 1.51. The molecule has 0 saturated carbocycles. The van der Waals surface area contributed by atoms with Crippen molar-refractivity contribution in [3.63, 3.8) is 0 Å². The Balaban J connectivity index is 2.71. The molecule has 0 saturated heterocycles. The second kappa shape index (κ2) is 9.29. The van der Waals surface area contributed by atoms with Crippen LogP contribution in [0.25, 0.3) is 0 Å². The number of methoxy groups -OCH3 is 1. The van der Waals surface area contributed by atoms with Crippen LogP contribution in [-0.4, -0.2) is 20.3 Å². The van der Waals surface area contributed by atoms with Crippen molar-refractivity contribution in [1.29, 1.82) is 0 Å². The molecule has 3 nitrogen and oxygen atoms in total. The lowest BCUT2D eigenvalue weighted by atomic mass is 9.88. The third-order valence-corrected chi connectivity index (χ3v) is 4.28. The Morgan fingerprint density at radius 3 is 2.48 bits per heavy atom. The maximum Gasteiger partial charge on any atom is 0.126 e. The number of ether oxygens (including phenoxy) is 2. The van der Waals surface area contributed by atoms with Gasteiger partial charge in [0.05, 0.1) is 12.7 Å². The van der Waals surface area contributed by atoms with Crippen molar-refractivity contribution in [2.45, 2.75) is 39.7 Å². The quantitative estimate of drug-likeness (QED) is 0.351. The number of rotatable bonds is 8. The van der Waals surface area contributed by atoms with E-state index >= 15 is 0 Å². The first-order valence-corrected chi connectivity index (χ1v) is 8.62. The SMILES string of the molecule is COCCOc1ccc(C(CCC(C)(C)C)OI)cc1P. The Hall–Kier alpha value is 0.1000. The van der Waals surface area contributed by atoms with E-state index in [2.05, 4.69) is 42.1 Å². The first-order chi connectivity index (χ1) is 9.87. The van der Waals surface area contributed by atoms with Crippen LogP contribution in [0, 0.1) is 5.41 Å². The minimum absolute atomic E-state index is 0.122. The smallest absolute Gasteiger partial charge is 0.126 e. The van der Waals surface area contributed by atoms with Crippen molar-refractivity contribution in [2.75, 3.05) is 20.3 Å². The van der Waals surface area contributed by atoms with E-state index in [0.29, 0.717) is 18.6 Å². The number of hydrogen-bond acceptors (Lipinski definition) is 3. The molecule has 5 heteroatoms. The Morgan fingerprint density at radius 1 is 1.24 bits per heavy atom. The van der Waals surface area contributed by atoms with Crippen molar-refractivity contribution >= 4 is 37.6 Å². The van der Waals surface area contributed by atoms with Gasteiger partial charge in [0.15, 0.2) is 0 Å². The lowest BCUT2D eigenvalue weighted by Gasteiger charge is -2.22. The third-order valence-electron chi connectivity index (χ3n) is 3.21. The summed E-state index contributed by atoms with van der Waals surface area (Å²) in [4.78, 5) is 0. The van der Waals surface area contributed by atoms with E-state index in [1.807, 2.05) is 29.1 Å². The Bertz CT molecular complexity index is 432. The lowest BCUT2D eigenvalue weighted by molar-refractivity contribution is 0.147. The molecule has 0 aliphatic heterocycles. The maximum atomic E-state index is 5.67. The Labute approximate surface area is 145 Å². The monoisotopic (exact) mass is 424 g/mol. The molecule has 0 aliphatic carbocycles.